The summed E-state index contributed by atoms with van der Waals surface area (Å²) >= 11 is 1.63. The maximum Gasteiger partial charge on any atom is 0.287 e. The van der Waals surface area contributed by atoms with Crippen molar-refractivity contribution in [2.24, 2.45) is 0 Å². The molecule has 5 heteroatoms. The maximum atomic E-state index is 5.73. The zero-order valence-corrected chi connectivity index (χ0v) is 9.27. The molecule has 14 heavy (non-hydrogen) atoms. The number of aromatic nitrogens is 3. The van der Waals surface area contributed by atoms with Crippen molar-refractivity contribution in [2.45, 2.75) is 26.2 Å². The van der Waals surface area contributed by atoms with E-state index in [1.807, 2.05) is 0 Å². The van der Waals surface area contributed by atoms with Crippen LogP contribution in [0.1, 0.15) is 25.8 Å². The first-order chi connectivity index (χ1) is 6.48. The highest BCUT2D eigenvalue weighted by Gasteiger charge is 2.22. The Morgan fingerprint density at radius 2 is 2.14 bits per heavy atom. The molecule has 0 saturated carbocycles. The van der Waals surface area contributed by atoms with E-state index in [9.17, 15) is 0 Å². The van der Waals surface area contributed by atoms with E-state index in [0.29, 0.717) is 5.82 Å². The van der Waals surface area contributed by atoms with E-state index >= 15 is 0 Å². The lowest BCUT2D eigenvalue weighted by atomic mass is 9.98. The second kappa shape index (κ2) is 2.88. The number of anilines is 1. The summed E-state index contributed by atoms with van der Waals surface area (Å²) in [5.41, 5.74) is 6.57. The van der Waals surface area contributed by atoms with Crippen LogP contribution < -0.4 is 10.7 Å². The molecule has 0 radical (unpaired) electrons. The Bertz CT molecular complexity index is 469. The Balaban J connectivity index is 2.69. The second-order valence-corrected chi connectivity index (χ2v) is 5.23. The number of rotatable bonds is 0. The Morgan fingerprint density at radius 3 is 2.71 bits per heavy atom. The summed E-state index contributed by atoms with van der Waals surface area (Å²) in [6.45, 7) is 6.40. The molecule has 2 heterocycles. The Kier molecular flexibility index (Phi) is 1.92. The molecule has 2 rings (SSSR count). The average molecular weight is 209 g/mol. The van der Waals surface area contributed by atoms with Gasteiger partial charge in [0.1, 0.15) is 5.01 Å². The lowest BCUT2D eigenvalue weighted by Gasteiger charge is -2.12. The van der Waals surface area contributed by atoms with Gasteiger partial charge in [-0.15, -0.1) is 0 Å². The smallest absolute Gasteiger partial charge is 0.287 e. The van der Waals surface area contributed by atoms with Crippen LogP contribution in [0.4, 0.5) is 5.82 Å². The Hall–Kier alpha value is -1.23. The first kappa shape index (κ1) is 9.33. The van der Waals surface area contributed by atoms with Crippen LogP contribution in [-0.4, -0.2) is 9.97 Å². The van der Waals surface area contributed by atoms with Crippen LogP contribution in [-0.2, 0) is 5.41 Å². The van der Waals surface area contributed by atoms with Gasteiger partial charge in [0.25, 0.3) is 12.1 Å². The van der Waals surface area contributed by atoms with Crippen molar-refractivity contribution in [1.29, 1.82) is 0 Å². The molecule has 0 fully saturated rings. The number of aromatic amines is 1. The largest absolute Gasteiger partial charge is 0.361 e. The number of nitrogens with two attached hydrogens (primary N) is 1. The van der Waals surface area contributed by atoms with Gasteiger partial charge in [-0.05, 0) is 4.98 Å². The van der Waals surface area contributed by atoms with Crippen LogP contribution in [0.2, 0.25) is 0 Å². The van der Waals surface area contributed by atoms with Crippen molar-refractivity contribution in [3.63, 3.8) is 0 Å². The van der Waals surface area contributed by atoms with Crippen molar-refractivity contribution in [2.75, 3.05) is 5.73 Å². The number of thiazole rings is 1. The van der Waals surface area contributed by atoms with E-state index in [1.165, 1.54) is 0 Å². The number of nitrogens with zero attached hydrogens (tertiary/aromatic N) is 2. The molecular weight excluding hydrogens is 196 g/mol. The molecule has 0 bridgehead atoms. The lowest BCUT2D eigenvalue weighted by molar-refractivity contribution is -0.346. The summed E-state index contributed by atoms with van der Waals surface area (Å²) in [5.74, 6) is 0.491. The molecule has 0 aliphatic heterocycles. The Labute approximate surface area is 86.2 Å². The summed E-state index contributed by atoms with van der Waals surface area (Å²) in [6.07, 6.45) is 1.60. The van der Waals surface area contributed by atoms with Gasteiger partial charge in [0.2, 0.25) is 4.83 Å². The van der Waals surface area contributed by atoms with Crippen molar-refractivity contribution in [3.8, 4) is 0 Å². The van der Waals surface area contributed by atoms with Crippen LogP contribution in [0.5, 0.6) is 0 Å². The standard InChI is InChI=1S/C9H12N4S/c1-9(2,3)8-13-5-6(10)11-4-12-7(5)14-8/h4H,1-3H3,(H2,10,11,12)/p+1. The van der Waals surface area contributed by atoms with Gasteiger partial charge in [0, 0.05) is 5.41 Å². The molecule has 4 nitrogen and oxygen atoms in total. The van der Waals surface area contributed by atoms with Crippen molar-refractivity contribution in [3.05, 3.63) is 11.3 Å². The molecule has 0 aliphatic carbocycles. The van der Waals surface area contributed by atoms with E-state index in [4.69, 9.17) is 5.73 Å². The SMILES string of the molecule is CC(C)(C)c1nc2c(N)nc[nH+]c2s1. The molecule has 2 aromatic rings. The zero-order chi connectivity index (χ0) is 10.3. The minimum atomic E-state index is 0.0595. The van der Waals surface area contributed by atoms with Crippen LogP contribution in [0, 0.1) is 0 Å². The number of nitrogen functional groups attached to an aromatic ring is 1. The van der Waals surface area contributed by atoms with Gasteiger partial charge in [-0.3, -0.25) is 0 Å². The zero-order valence-electron chi connectivity index (χ0n) is 8.46. The first-order valence-corrected chi connectivity index (χ1v) is 5.23. The third-order valence-corrected chi connectivity index (χ3v) is 3.32. The number of hydrogen-bond acceptors (Lipinski definition) is 4. The number of H-pyrrole nitrogens is 1. The maximum absolute atomic E-state index is 5.73. The fraction of sp³-hybridized carbons (Fsp3) is 0.444. The fourth-order valence-corrected chi connectivity index (χ4v) is 2.13. The van der Waals surface area contributed by atoms with Crippen molar-refractivity contribution >= 4 is 27.5 Å². The van der Waals surface area contributed by atoms with Crippen molar-refractivity contribution < 1.29 is 4.98 Å². The van der Waals surface area contributed by atoms with E-state index in [-0.39, 0.29) is 5.41 Å². The highest BCUT2D eigenvalue weighted by molar-refractivity contribution is 7.17. The van der Waals surface area contributed by atoms with E-state index < -0.39 is 0 Å². The van der Waals surface area contributed by atoms with Gasteiger partial charge in [-0.1, -0.05) is 32.1 Å². The van der Waals surface area contributed by atoms with E-state index in [0.717, 1.165) is 15.4 Å². The molecule has 0 unspecified atom stereocenters. The molecule has 2 aromatic heterocycles. The topological polar surface area (TPSA) is 65.9 Å². The van der Waals surface area contributed by atoms with Gasteiger partial charge in [0.15, 0.2) is 5.52 Å². The molecule has 0 aliphatic rings. The molecule has 0 amide bonds. The molecule has 0 saturated heterocycles. The lowest BCUT2D eigenvalue weighted by Crippen LogP contribution is -2.10. The van der Waals surface area contributed by atoms with Crippen LogP contribution in [0.3, 0.4) is 0 Å². The second-order valence-electron chi connectivity index (χ2n) is 4.23. The predicted octanol–water partition coefficient (Wildman–Crippen LogP) is 1.39. The molecule has 0 spiro atoms. The minimum Gasteiger partial charge on any atom is -0.361 e. The summed E-state index contributed by atoms with van der Waals surface area (Å²) in [7, 11) is 0. The van der Waals surface area contributed by atoms with Crippen LogP contribution in [0.15, 0.2) is 6.33 Å². The fourth-order valence-electron chi connectivity index (χ4n) is 1.13. The van der Waals surface area contributed by atoms with Gasteiger partial charge in [-0.25, -0.2) is 9.97 Å². The summed E-state index contributed by atoms with van der Waals surface area (Å²) in [4.78, 5) is 12.5. The quantitative estimate of drug-likeness (QED) is 0.713. The number of hydrogen-bond donors (Lipinski definition) is 1. The molecule has 0 atom stereocenters. The summed E-state index contributed by atoms with van der Waals surface area (Å²) in [5, 5.41) is 1.07. The minimum absolute atomic E-state index is 0.0595. The number of fused-ring (bicyclic) bond motifs is 1. The summed E-state index contributed by atoms with van der Waals surface area (Å²) in [6, 6.07) is 0. The van der Waals surface area contributed by atoms with Gasteiger partial charge in [-0.2, -0.15) is 0 Å². The third kappa shape index (κ3) is 1.43. The summed E-state index contributed by atoms with van der Waals surface area (Å²) < 4.78 is 0. The van der Waals surface area contributed by atoms with Crippen LogP contribution in [0.25, 0.3) is 10.3 Å². The molecule has 74 valence electrons. The molecular formula is C9H13N4S+. The van der Waals surface area contributed by atoms with Gasteiger partial charge in [0.05, 0.1) is 0 Å². The third-order valence-electron chi connectivity index (χ3n) is 1.91. The molecule has 3 N–H and O–H groups in total. The monoisotopic (exact) mass is 209 g/mol. The van der Waals surface area contributed by atoms with Crippen molar-refractivity contribution in [1.82, 2.24) is 9.97 Å². The first-order valence-electron chi connectivity index (χ1n) is 4.41. The van der Waals surface area contributed by atoms with Crippen LogP contribution >= 0.6 is 11.3 Å². The highest BCUT2D eigenvalue weighted by atomic mass is 32.1. The predicted molar refractivity (Wildman–Crippen MR) is 57.1 cm³/mol. The Morgan fingerprint density at radius 1 is 1.43 bits per heavy atom. The van der Waals surface area contributed by atoms with Gasteiger partial charge < -0.3 is 5.73 Å². The highest BCUT2D eigenvalue weighted by Crippen LogP contribution is 2.30. The normalized spacial score (nSPS) is 12.2. The van der Waals surface area contributed by atoms with E-state index in [1.54, 1.807) is 17.7 Å². The molecule has 0 aromatic carbocycles. The van der Waals surface area contributed by atoms with E-state index in [2.05, 4.69) is 35.7 Å². The number of nitrogens with one attached hydrogen (secondary N) is 1. The van der Waals surface area contributed by atoms with Gasteiger partial charge >= 0.3 is 0 Å². The average Bonchev–Trinajstić information content (AvgIpc) is 2.48.